The third-order valence-corrected chi connectivity index (χ3v) is 4.33. The summed E-state index contributed by atoms with van der Waals surface area (Å²) < 4.78 is 6.06. The second-order valence-electron chi connectivity index (χ2n) is 5.79. The van der Waals surface area contributed by atoms with Crippen LogP contribution in [0.1, 0.15) is 5.69 Å². The molecule has 0 aliphatic heterocycles. The predicted octanol–water partition coefficient (Wildman–Crippen LogP) is 6.13. The maximum Gasteiger partial charge on any atom is 0.130 e. The second kappa shape index (κ2) is 6.96. The van der Waals surface area contributed by atoms with Crippen molar-refractivity contribution in [3.05, 3.63) is 95.6 Å². The van der Waals surface area contributed by atoms with Crippen LogP contribution in [0.2, 0.25) is 5.02 Å². The van der Waals surface area contributed by atoms with Crippen molar-refractivity contribution in [2.45, 2.75) is 6.61 Å². The van der Waals surface area contributed by atoms with Crippen molar-refractivity contribution in [2.24, 2.45) is 0 Å². The van der Waals surface area contributed by atoms with E-state index in [-0.39, 0.29) is 0 Å². The molecule has 0 saturated carbocycles. The average molecular weight is 346 g/mol. The lowest BCUT2D eigenvalue weighted by Gasteiger charge is -2.12. The Morgan fingerprint density at radius 3 is 2.40 bits per heavy atom. The van der Waals surface area contributed by atoms with E-state index >= 15 is 0 Å². The van der Waals surface area contributed by atoms with Gasteiger partial charge in [-0.2, -0.15) is 0 Å². The van der Waals surface area contributed by atoms with Crippen molar-refractivity contribution >= 4 is 22.5 Å². The molecule has 4 rings (SSSR count). The van der Waals surface area contributed by atoms with E-state index in [1.807, 2.05) is 72.8 Å². The fourth-order valence-electron chi connectivity index (χ4n) is 2.80. The van der Waals surface area contributed by atoms with Crippen LogP contribution < -0.4 is 4.74 Å². The fraction of sp³-hybridized carbons (Fsp3) is 0.0455. The summed E-state index contributed by atoms with van der Waals surface area (Å²) in [5.74, 6) is 0.833. The minimum Gasteiger partial charge on any atom is -0.487 e. The van der Waals surface area contributed by atoms with Crippen molar-refractivity contribution in [1.82, 2.24) is 4.98 Å². The van der Waals surface area contributed by atoms with E-state index in [1.54, 1.807) is 0 Å². The third-order valence-electron chi connectivity index (χ3n) is 4.07. The third kappa shape index (κ3) is 3.49. The number of benzene rings is 3. The van der Waals surface area contributed by atoms with Gasteiger partial charge in [0.2, 0.25) is 0 Å². The molecule has 0 spiro atoms. The van der Waals surface area contributed by atoms with Crippen LogP contribution in [0.4, 0.5) is 0 Å². The smallest absolute Gasteiger partial charge is 0.130 e. The molecule has 0 saturated heterocycles. The monoisotopic (exact) mass is 345 g/mol. The number of rotatable bonds is 4. The number of fused-ring (bicyclic) bond motifs is 1. The average Bonchev–Trinajstić information content (AvgIpc) is 2.67. The zero-order valence-electron chi connectivity index (χ0n) is 13.5. The molecule has 0 aliphatic rings. The Labute approximate surface area is 151 Å². The van der Waals surface area contributed by atoms with Gasteiger partial charge in [-0.05, 0) is 35.9 Å². The maximum absolute atomic E-state index is 6.06. The lowest BCUT2D eigenvalue weighted by atomic mass is 10.0. The van der Waals surface area contributed by atoms with Crippen LogP contribution in [0.25, 0.3) is 22.0 Å². The van der Waals surface area contributed by atoms with Crippen LogP contribution in [0, 0.1) is 0 Å². The van der Waals surface area contributed by atoms with Gasteiger partial charge in [0.05, 0.1) is 11.2 Å². The van der Waals surface area contributed by atoms with Gasteiger partial charge in [0.15, 0.2) is 0 Å². The molecule has 2 nitrogen and oxygen atoms in total. The molecular formula is C22H16ClNO. The molecule has 0 atom stereocenters. The van der Waals surface area contributed by atoms with Crippen molar-refractivity contribution in [3.8, 4) is 16.9 Å². The first-order valence-corrected chi connectivity index (χ1v) is 8.50. The highest BCUT2D eigenvalue weighted by atomic mass is 35.5. The van der Waals surface area contributed by atoms with Gasteiger partial charge in [-0.3, -0.25) is 0 Å². The maximum atomic E-state index is 6.06. The zero-order chi connectivity index (χ0) is 17.1. The topological polar surface area (TPSA) is 22.1 Å². The van der Waals surface area contributed by atoms with Crippen LogP contribution in [0.15, 0.2) is 84.9 Å². The minimum atomic E-state index is 0.426. The highest BCUT2D eigenvalue weighted by Crippen LogP contribution is 2.31. The van der Waals surface area contributed by atoms with Crippen LogP contribution in [-0.4, -0.2) is 4.98 Å². The van der Waals surface area contributed by atoms with E-state index in [0.29, 0.717) is 6.61 Å². The number of aromatic nitrogens is 1. The van der Waals surface area contributed by atoms with E-state index in [0.717, 1.165) is 38.5 Å². The summed E-state index contributed by atoms with van der Waals surface area (Å²) >= 11 is 5.99. The van der Waals surface area contributed by atoms with Crippen LogP contribution in [-0.2, 0) is 6.61 Å². The van der Waals surface area contributed by atoms with Crippen molar-refractivity contribution in [2.75, 3.05) is 0 Å². The molecule has 25 heavy (non-hydrogen) atoms. The van der Waals surface area contributed by atoms with Crippen LogP contribution in [0.5, 0.6) is 5.75 Å². The van der Waals surface area contributed by atoms with Crippen molar-refractivity contribution in [3.63, 3.8) is 0 Å². The molecule has 3 heteroatoms. The van der Waals surface area contributed by atoms with Gasteiger partial charge in [0, 0.05) is 16.0 Å². The summed E-state index contributed by atoms with van der Waals surface area (Å²) in [5, 5.41) is 1.86. The Balaban J connectivity index is 1.59. The quantitative estimate of drug-likeness (QED) is 0.443. The predicted molar refractivity (Wildman–Crippen MR) is 103 cm³/mol. The van der Waals surface area contributed by atoms with E-state index < -0.39 is 0 Å². The number of nitrogens with zero attached hydrogens (tertiary/aromatic N) is 1. The summed E-state index contributed by atoms with van der Waals surface area (Å²) in [7, 11) is 0. The van der Waals surface area contributed by atoms with Gasteiger partial charge in [0.1, 0.15) is 12.4 Å². The van der Waals surface area contributed by atoms with Gasteiger partial charge >= 0.3 is 0 Å². The first kappa shape index (κ1) is 15.7. The molecule has 0 aliphatic carbocycles. The van der Waals surface area contributed by atoms with Crippen LogP contribution in [0.3, 0.4) is 0 Å². The molecule has 0 unspecified atom stereocenters. The Morgan fingerprint density at radius 2 is 1.52 bits per heavy atom. The second-order valence-corrected chi connectivity index (χ2v) is 6.22. The lowest BCUT2D eigenvalue weighted by Crippen LogP contribution is -1.99. The van der Waals surface area contributed by atoms with Gasteiger partial charge in [-0.15, -0.1) is 0 Å². The molecule has 3 aromatic carbocycles. The SMILES string of the molecule is Clc1ccc(-c2ccccc2OCc2ccc3ccccc3n2)cc1. The molecule has 0 amide bonds. The molecule has 4 aromatic rings. The number of hydrogen-bond acceptors (Lipinski definition) is 2. The summed E-state index contributed by atoms with van der Waals surface area (Å²) in [5.41, 5.74) is 4.01. The van der Waals surface area contributed by atoms with Gasteiger partial charge in [-0.25, -0.2) is 4.98 Å². The standard InChI is InChI=1S/C22H16ClNO/c23-18-12-9-16(10-13-18)20-6-2-4-8-22(20)25-15-19-14-11-17-5-1-3-7-21(17)24-19/h1-14H,15H2. The number of pyridine rings is 1. The highest BCUT2D eigenvalue weighted by Gasteiger charge is 2.07. The molecule has 122 valence electrons. The fourth-order valence-corrected chi connectivity index (χ4v) is 2.93. The zero-order valence-corrected chi connectivity index (χ0v) is 14.3. The van der Waals surface area contributed by atoms with Crippen LogP contribution >= 0.6 is 11.6 Å². The van der Waals surface area contributed by atoms with Gasteiger partial charge < -0.3 is 4.74 Å². The van der Waals surface area contributed by atoms with E-state index in [2.05, 4.69) is 17.1 Å². The Kier molecular flexibility index (Phi) is 4.36. The summed E-state index contributed by atoms with van der Waals surface area (Å²) in [6.07, 6.45) is 0. The Morgan fingerprint density at radius 1 is 0.760 bits per heavy atom. The number of hydrogen-bond donors (Lipinski definition) is 0. The number of para-hydroxylation sites is 2. The molecule has 0 N–H and O–H groups in total. The largest absolute Gasteiger partial charge is 0.487 e. The molecule has 1 heterocycles. The minimum absolute atomic E-state index is 0.426. The summed E-state index contributed by atoms with van der Waals surface area (Å²) in [6.45, 7) is 0.426. The van der Waals surface area contributed by atoms with Crippen molar-refractivity contribution < 1.29 is 4.74 Å². The highest BCUT2D eigenvalue weighted by molar-refractivity contribution is 6.30. The van der Waals surface area contributed by atoms with E-state index in [1.165, 1.54) is 0 Å². The number of ether oxygens (including phenoxy) is 1. The van der Waals surface area contributed by atoms with E-state index in [9.17, 15) is 0 Å². The van der Waals surface area contributed by atoms with Gasteiger partial charge in [-0.1, -0.05) is 66.2 Å². The molecular weight excluding hydrogens is 330 g/mol. The molecule has 0 fully saturated rings. The summed E-state index contributed by atoms with van der Waals surface area (Å²) in [6, 6.07) is 27.9. The first-order valence-electron chi connectivity index (χ1n) is 8.12. The summed E-state index contributed by atoms with van der Waals surface area (Å²) in [4.78, 5) is 4.66. The van der Waals surface area contributed by atoms with E-state index in [4.69, 9.17) is 16.3 Å². The Bertz CT molecular complexity index is 1010. The van der Waals surface area contributed by atoms with Crippen molar-refractivity contribution in [1.29, 1.82) is 0 Å². The van der Waals surface area contributed by atoms with Gasteiger partial charge in [0.25, 0.3) is 0 Å². The molecule has 1 aromatic heterocycles. The lowest BCUT2D eigenvalue weighted by molar-refractivity contribution is 0.303. The first-order chi connectivity index (χ1) is 12.3. The Hall–Kier alpha value is -2.84. The molecule has 0 radical (unpaired) electrons. The normalized spacial score (nSPS) is 10.8. The number of halogens is 1. The molecule has 0 bridgehead atoms.